The molecule has 4 N–H and O–H groups in total. The number of benzene rings is 2. The van der Waals surface area contributed by atoms with Crippen molar-refractivity contribution in [3.8, 4) is 0 Å². The Kier molecular flexibility index (Phi) is 4.53. The highest BCUT2D eigenvalue weighted by molar-refractivity contribution is 5.90. The van der Waals surface area contributed by atoms with E-state index in [-0.39, 0.29) is 12.2 Å². The van der Waals surface area contributed by atoms with Crippen LogP contribution in [0.2, 0.25) is 0 Å². The van der Waals surface area contributed by atoms with Crippen LogP contribution >= 0.6 is 0 Å². The van der Waals surface area contributed by atoms with Gasteiger partial charge in [-0.3, -0.25) is 0 Å². The van der Waals surface area contributed by atoms with Crippen molar-refractivity contribution in [1.29, 1.82) is 0 Å². The number of anilines is 3. The number of hydrogen-bond donors (Lipinski definition) is 4. The highest BCUT2D eigenvalue weighted by Gasteiger charge is 2.08. The molecule has 0 aliphatic carbocycles. The standard InChI is InChI=1S/C17H16N4O3/c22-10-9-18-15-13-3-1-2-4-14(13)20-17(21-15)19-12-7-5-11(6-8-12)16(23)24/h1-8,22H,9-10H2,(H,23,24)(H2,18,19,20,21). The van der Waals surface area contributed by atoms with Gasteiger partial charge in [-0.15, -0.1) is 0 Å². The third kappa shape index (κ3) is 3.41. The zero-order chi connectivity index (χ0) is 16.9. The second kappa shape index (κ2) is 6.93. The van der Waals surface area contributed by atoms with E-state index in [2.05, 4.69) is 20.6 Å². The molecule has 7 nitrogen and oxygen atoms in total. The van der Waals surface area contributed by atoms with Crippen LogP contribution in [0.4, 0.5) is 17.5 Å². The molecule has 0 saturated heterocycles. The Labute approximate surface area is 138 Å². The molecule has 2 aromatic carbocycles. The third-order valence-corrected chi connectivity index (χ3v) is 3.40. The van der Waals surface area contributed by atoms with Gasteiger partial charge in [0.05, 0.1) is 17.7 Å². The van der Waals surface area contributed by atoms with Gasteiger partial charge < -0.3 is 20.8 Å². The first kappa shape index (κ1) is 15.7. The summed E-state index contributed by atoms with van der Waals surface area (Å²) in [5.74, 6) is 0.0375. The number of fused-ring (bicyclic) bond motifs is 1. The number of aromatic nitrogens is 2. The van der Waals surface area contributed by atoms with Crippen molar-refractivity contribution in [2.45, 2.75) is 0 Å². The van der Waals surface area contributed by atoms with Crippen LogP contribution in [0.25, 0.3) is 10.9 Å². The second-order valence-corrected chi connectivity index (χ2v) is 5.07. The lowest BCUT2D eigenvalue weighted by Crippen LogP contribution is -2.09. The van der Waals surface area contributed by atoms with Gasteiger partial charge in [-0.1, -0.05) is 12.1 Å². The van der Waals surface area contributed by atoms with E-state index in [9.17, 15) is 4.79 Å². The molecule has 0 spiro atoms. The molecule has 0 aliphatic rings. The maximum Gasteiger partial charge on any atom is 0.335 e. The predicted octanol–water partition coefficient (Wildman–Crippen LogP) is 2.48. The van der Waals surface area contributed by atoms with E-state index in [4.69, 9.17) is 10.2 Å². The Balaban J connectivity index is 1.92. The van der Waals surface area contributed by atoms with Crippen LogP contribution < -0.4 is 10.6 Å². The molecule has 0 bridgehead atoms. The lowest BCUT2D eigenvalue weighted by molar-refractivity contribution is 0.0697. The van der Waals surface area contributed by atoms with Crippen LogP contribution in [-0.2, 0) is 0 Å². The second-order valence-electron chi connectivity index (χ2n) is 5.07. The van der Waals surface area contributed by atoms with Gasteiger partial charge in [0.25, 0.3) is 0 Å². The van der Waals surface area contributed by atoms with Crippen LogP contribution in [0.1, 0.15) is 10.4 Å². The van der Waals surface area contributed by atoms with E-state index in [1.165, 1.54) is 12.1 Å². The normalized spacial score (nSPS) is 10.5. The molecule has 1 aromatic heterocycles. The van der Waals surface area contributed by atoms with Crippen molar-refractivity contribution in [1.82, 2.24) is 9.97 Å². The maximum absolute atomic E-state index is 10.9. The Morgan fingerprint density at radius 2 is 1.79 bits per heavy atom. The molecule has 0 aliphatic heterocycles. The quantitative estimate of drug-likeness (QED) is 0.551. The average molecular weight is 324 g/mol. The summed E-state index contributed by atoms with van der Waals surface area (Å²) < 4.78 is 0. The predicted molar refractivity (Wildman–Crippen MR) is 91.8 cm³/mol. The minimum atomic E-state index is -0.973. The number of carboxylic acids is 1. The summed E-state index contributed by atoms with van der Waals surface area (Å²) in [6.45, 7) is 0.380. The number of rotatable bonds is 6. The molecular weight excluding hydrogens is 308 g/mol. The van der Waals surface area contributed by atoms with Crippen molar-refractivity contribution in [2.24, 2.45) is 0 Å². The fourth-order valence-corrected chi connectivity index (χ4v) is 2.27. The molecule has 0 unspecified atom stereocenters. The number of nitrogens with one attached hydrogen (secondary N) is 2. The van der Waals surface area contributed by atoms with Crippen LogP contribution in [0.3, 0.4) is 0 Å². The number of carbonyl (C=O) groups is 1. The fraction of sp³-hybridized carbons (Fsp3) is 0.118. The average Bonchev–Trinajstić information content (AvgIpc) is 2.60. The molecule has 0 atom stereocenters. The Morgan fingerprint density at radius 1 is 1.04 bits per heavy atom. The number of aromatic carboxylic acids is 1. The van der Waals surface area contributed by atoms with Crippen molar-refractivity contribution < 1.29 is 15.0 Å². The van der Waals surface area contributed by atoms with Crippen molar-refractivity contribution in [2.75, 3.05) is 23.8 Å². The summed E-state index contributed by atoms with van der Waals surface area (Å²) >= 11 is 0. The van der Waals surface area contributed by atoms with E-state index < -0.39 is 5.97 Å². The molecule has 3 rings (SSSR count). The first-order valence-corrected chi connectivity index (χ1v) is 7.39. The minimum Gasteiger partial charge on any atom is -0.478 e. The van der Waals surface area contributed by atoms with E-state index in [0.29, 0.717) is 24.0 Å². The van der Waals surface area contributed by atoms with Gasteiger partial charge in [0.2, 0.25) is 5.95 Å². The molecule has 0 amide bonds. The lowest BCUT2D eigenvalue weighted by Gasteiger charge is -2.11. The van der Waals surface area contributed by atoms with Crippen molar-refractivity contribution in [3.63, 3.8) is 0 Å². The molecule has 0 radical (unpaired) electrons. The summed E-state index contributed by atoms with van der Waals surface area (Å²) in [6, 6.07) is 13.9. The first-order chi connectivity index (χ1) is 11.7. The topological polar surface area (TPSA) is 107 Å². The molecule has 122 valence electrons. The summed E-state index contributed by atoms with van der Waals surface area (Å²) in [5.41, 5.74) is 1.66. The lowest BCUT2D eigenvalue weighted by atomic mass is 10.2. The van der Waals surface area contributed by atoms with Gasteiger partial charge in [-0.25, -0.2) is 9.78 Å². The van der Waals surface area contributed by atoms with Gasteiger partial charge in [-0.05, 0) is 36.4 Å². The van der Waals surface area contributed by atoms with Gasteiger partial charge in [0.15, 0.2) is 0 Å². The third-order valence-electron chi connectivity index (χ3n) is 3.40. The SMILES string of the molecule is O=C(O)c1ccc(Nc2nc(NCCO)c3ccccc3n2)cc1. The molecule has 3 aromatic rings. The summed E-state index contributed by atoms with van der Waals surface area (Å²) in [6.07, 6.45) is 0. The van der Waals surface area contributed by atoms with Crippen LogP contribution in [-0.4, -0.2) is 39.3 Å². The van der Waals surface area contributed by atoms with E-state index in [1.807, 2.05) is 24.3 Å². The maximum atomic E-state index is 10.9. The van der Waals surface area contributed by atoms with Gasteiger partial charge in [-0.2, -0.15) is 4.98 Å². The monoisotopic (exact) mass is 324 g/mol. The number of para-hydroxylation sites is 1. The number of aliphatic hydroxyl groups is 1. The summed E-state index contributed by atoms with van der Waals surface area (Å²) in [4.78, 5) is 19.8. The number of hydrogen-bond acceptors (Lipinski definition) is 6. The summed E-state index contributed by atoms with van der Waals surface area (Å²) in [7, 11) is 0. The summed E-state index contributed by atoms with van der Waals surface area (Å²) in [5, 5.41) is 24.9. The highest BCUT2D eigenvalue weighted by Crippen LogP contribution is 2.23. The molecule has 7 heteroatoms. The zero-order valence-electron chi connectivity index (χ0n) is 12.7. The molecule has 1 heterocycles. The number of aliphatic hydroxyl groups excluding tert-OH is 1. The van der Waals surface area contributed by atoms with Crippen LogP contribution in [0.5, 0.6) is 0 Å². The largest absolute Gasteiger partial charge is 0.478 e. The first-order valence-electron chi connectivity index (χ1n) is 7.39. The smallest absolute Gasteiger partial charge is 0.335 e. The van der Waals surface area contributed by atoms with E-state index >= 15 is 0 Å². The molecule has 0 saturated carbocycles. The number of carboxylic acid groups (broad SMARTS) is 1. The number of nitrogens with zero attached hydrogens (tertiary/aromatic N) is 2. The van der Waals surface area contributed by atoms with E-state index in [0.717, 1.165) is 10.9 Å². The molecule has 24 heavy (non-hydrogen) atoms. The van der Waals surface area contributed by atoms with Crippen molar-refractivity contribution >= 4 is 34.3 Å². The van der Waals surface area contributed by atoms with Crippen molar-refractivity contribution in [3.05, 3.63) is 54.1 Å². The Morgan fingerprint density at radius 3 is 2.50 bits per heavy atom. The van der Waals surface area contributed by atoms with E-state index in [1.54, 1.807) is 12.1 Å². The van der Waals surface area contributed by atoms with Gasteiger partial charge >= 0.3 is 5.97 Å². The fourth-order valence-electron chi connectivity index (χ4n) is 2.27. The highest BCUT2D eigenvalue weighted by atomic mass is 16.4. The van der Waals surface area contributed by atoms with Gasteiger partial charge in [0, 0.05) is 17.6 Å². The molecule has 0 fully saturated rings. The Hall–Kier alpha value is -3.19. The van der Waals surface area contributed by atoms with Crippen LogP contribution in [0, 0.1) is 0 Å². The zero-order valence-corrected chi connectivity index (χ0v) is 12.7. The molecular formula is C17H16N4O3. The Bertz CT molecular complexity index is 865. The van der Waals surface area contributed by atoms with Crippen LogP contribution in [0.15, 0.2) is 48.5 Å². The minimum absolute atomic E-state index is 0.00224. The van der Waals surface area contributed by atoms with Gasteiger partial charge in [0.1, 0.15) is 5.82 Å².